The molecular weight excluding hydrogens is 487 g/mol. The van der Waals surface area contributed by atoms with Crippen LogP contribution in [0.5, 0.6) is 0 Å². The van der Waals surface area contributed by atoms with Crippen molar-refractivity contribution in [3.63, 3.8) is 0 Å². The van der Waals surface area contributed by atoms with Crippen LogP contribution in [0.1, 0.15) is 29.6 Å². The fourth-order valence-corrected chi connectivity index (χ4v) is 5.13. The van der Waals surface area contributed by atoms with Crippen molar-refractivity contribution in [1.82, 2.24) is 4.90 Å². The quantitative estimate of drug-likeness (QED) is 0.527. The first kappa shape index (κ1) is 26.0. The summed E-state index contributed by atoms with van der Waals surface area (Å²) in [4.78, 5) is 27.7. The molecule has 2 amide bonds. The summed E-state index contributed by atoms with van der Waals surface area (Å²) in [5.74, 6) is -0.864. The fraction of sp³-hybridized carbons (Fsp3) is 0.333. The lowest BCUT2D eigenvalue weighted by molar-refractivity contribution is -0.149. The van der Waals surface area contributed by atoms with Crippen LogP contribution in [0.3, 0.4) is 0 Å². The Bertz CT molecular complexity index is 1240. The molecule has 2 saturated heterocycles. The van der Waals surface area contributed by atoms with Crippen molar-refractivity contribution in [2.24, 2.45) is 0 Å². The molecule has 0 aliphatic carbocycles. The standard InChI is InChI=1S/C30H31FN2O5/c31-23-10-6-22(7-11-23)30(36)33-17-25(34)18-37-19-28-27(33)15-14-26(38-28)16-29(35)32-24-12-8-21(9-13-24)20-4-2-1-3-5-20/h1-13,25-28,34H,14-19H2,(H,32,35)/t25-,26+,27+,28-/m1/s1. The highest BCUT2D eigenvalue weighted by Gasteiger charge is 2.40. The third kappa shape index (κ3) is 6.27. The average molecular weight is 519 g/mol. The number of fused-ring (bicyclic) bond motifs is 1. The van der Waals surface area contributed by atoms with E-state index in [0.717, 1.165) is 11.1 Å². The lowest BCUT2D eigenvalue weighted by Crippen LogP contribution is -2.57. The molecule has 0 spiro atoms. The lowest BCUT2D eigenvalue weighted by Gasteiger charge is -2.44. The molecule has 198 valence electrons. The van der Waals surface area contributed by atoms with Gasteiger partial charge in [0.2, 0.25) is 5.91 Å². The van der Waals surface area contributed by atoms with Gasteiger partial charge < -0.3 is 24.8 Å². The summed E-state index contributed by atoms with van der Waals surface area (Å²) in [7, 11) is 0. The predicted molar refractivity (Wildman–Crippen MR) is 141 cm³/mol. The molecule has 2 aliphatic rings. The van der Waals surface area contributed by atoms with Crippen LogP contribution < -0.4 is 5.32 Å². The molecule has 2 heterocycles. The van der Waals surface area contributed by atoms with Crippen molar-refractivity contribution in [3.05, 3.63) is 90.2 Å². The van der Waals surface area contributed by atoms with E-state index in [1.54, 1.807) is 4.90 Å². The molecule has 5 rings (SSSR count). The molecule has 0 unspecified atom stereocenters. The molecule has 2 N–H and O–H groups in total. The highest BCUT2D eigenvalue weighted by Crippen LogP contribution is 2.29. The molecule has 4 atom stereocenters. The van der Waals surface area contributed by atoms with E-state index >= 15 is 0 Å². The maximum absolute atomic E-state index is 13.4. The zero-order chi connectivity index (χ0) is 26.5. The number of β-amino-alcohol motifs (C(OH)–C–C–N with tert-alkyl or cyclic N) is 1. The van der Waals surface area contributed by atoms with E-state index in [1.807, 2.05) is 54.6 Å². The van der Waals surface area contributed by atoms with Crippen LogP contribution in [0.2, 0.25) is 0 Å². The van der Waals surface area contributed by atoms with Crippen molar-refractivity contribution >= 4 is 17.5 Å². The summed E-state index contributed by atoms with van der Waals surface area (Å²) in [6, 6.07) is 22.8. The van der Waals surface area contributed by atoms with Gasteiger partial charge >= 0.3 is 0 Å². The SMILES string of the molecule is O=C(C[C@@H]1CC[C@H]2[C@@H](COC[C@H](O)CN2C(=O)c2ccc(F)cc2)O1)Nc1ccc(-c2ccccc2)cc1. The number of carbonyl (C=O) groups is 2. The van der Waals surface area contributed by atoms with Gasteiger partial charge in [-0.1, -0.05) is 42.5 Å². The summed E-state index contributed by atoms with van der Waals surface area (Å²) < 4.78 is 25.3. The molecular formula is C30H31FN2O5. The fourth-order valence-electron chi connectivity index (χ4n) is 5.13. The van der Waals surface area contributed by atoms with Crippen molar-refractivity contribution in [2.75, 3.05) is 25.1 Å². The first-order chi connectivity index (χ1) is 18.5. The van der Waals surface area contributed by atoms with Gasteiger partial charge in [-0.3, -0.25) is 9.59 Å². The van der Waals surface area contributed by atoms with E-state index in [2.05, 4.69) is 5.32 Å². The van der Waals surface area contributed by atoms with Gasteiger partial charge in [-0.2, -0.15) is 0 Å². The van der Waals surface area contributed by atoms with Crippen molar-refractivity contribution in [2.45, 2.75) is 43.6 Å². The van der Waals surface area contributed by atoms with Crippen LogP contribution in [0.15, 0.2) is 78.9 Å². The molecule has 7 nitrogen and oxygen atoms in total. The number of halogens is 1. The minimum atomic E-state index is -0.836. The van der Waals surface area contributed by atoms with Gasteiger partial charge in [0.25, 0.3) is 5.91 Å². The molecule has 3 aromatic carbocycles. The van der Waals surface area contributed by atoms with Crippen molar-refractivity contribution in [1.29, 1.82) is 0 Å². The summed E-state index contributed by atoms with van der Waals surface area (Å²) >= 11 is 0. The molecule has 0 bridgehead atoms. The van der Waals surface area contributed by atoms with E-state index in [0.29, 0.717) is 24.1 Å². The number of ether oxygens (including phenoxy) is 2. The minimum absolute atomic E-state index is 0.0733. The molecule has 2 aliphatic heterocycles. The van der Waals surface area contributed by atoms with Crippen LogP contribution in [0, 0.1) is 5.82 Å². The molecule has 0 aromatic heterocycles. The molecule has 0 saturated carbocycles. The topological polar surface area (TPSA) is 88.1 Å². The van der Waals surface area contributed by atoms with Gasteiger partial charge in [-0.15, -0.1) is 0 Å². The monoisotopic (exact) mass is 518 g/mol. The number of hydrogen-bond acceptors (Lipinski definition) is 5. The van der Waals surface area contributed by atoms with Gasteiger partial charge in [-0.25, -0.2) is 4.39 Å². The average Bonchev–Trinajstić information content (AvgIpc) is 2.92. The second-order valence-corrected chi connectivity index (χ2v) is 9.79. The first-order valence-corrected chi connectivity index (χ1v) is 12.9. The van der Waals surface area contributed by atoms with E-state index in [4.69, 9.17) is 9.47 Å². The van der Waals surface area contributed by atoms with Crippen LogP contribution in [-0.4, -0.2) is 65.9 Å². The number of carbonyl (C=O) groups excluding carboxylic acids is 2. The van der Waals surface area contributed by atoms with E-state index in [1.165, 1.54) is 24.3 Å². The smallest absolute Gasteiger partial charge is 0.254 e. The number of benzene rings is 3. The van der Waals surface area contributed by atoms with Crippen LogP contribution in [-0.2, 0) is 14.3 Å². The summed E-state index contributed by atoms with van der Waals surface area (Å²) in [6.07, 6.45) is -0.253. The van der Waals surface area contributed by atoms with Gasteiger partial charge in [0.1, 0.15) is 11.9 Å². The Labute approximate surface area is 221 Å². The lowest BCUT2D eigenvalue weighted by atomic mass is 9.94. The van der Waals surface area contributed by atoms with E-state index in [-0.39, 0.29) is 50.1 Å². The zero-order valence-corrected chi connectivity index (χ0v) is 21.0. The number of aliphatic hydroxyl groups excluding tert-OH is 1. The molecule has 38 heavy (non-hydrogen) atoms. The van der Waals surface area contributed by atoms with Crippen LogP contribution in [0.25, 0.3) is 11.1 Å². The summed E-state index contributed by atoms with van der Waals surface area (Å²) in [5, 5.41) is 13.3. The Kier molecular flexibility index (Phi) is 8.12. The van der Waals surface area contributed by atoms with Crippen LogP contribution in [0.4, 0.5) is 10.1 Å². The highest BCUT2D eigenvalue weighted by atomic mass is 19.1. The van der Waals surface area contributed by atoms with Gasteiger partial charge in [0.05, 0.1) is 37.9 Å². The second kappa shape index (κ2) is 11.9. The number of rotatable bonds is 5. The van der Waals surface area contributed by atoms with Gasteiger partial charge in [0.15, 0.2) is 0 Å². The van der Waals surface area contributed by atoms with Crippen molar-refractivity contribution in [3.8, 4) is 11.1 Å². The number of aliphatic hydroxyl groups is 1. The van der Waals surface area contributed by atoms with Crippen molar-refractivity contribution < 1.29 is 28.6 Å². The number of nitrogens with zero attached hydrogens (tertiary/aromatic N) is 1. The highest BCUT2D eigenvalue weighted by molar-refractivity contribution is 5.94. The number of hydrogen-bond donors (Lipinski definition) is 2. The third-order valence-corrected chi connectivity index (χ3v) is 7.02. The summed E-state index contributed by atoms with van der Waals surface area (Å²) in [6.45, 7) is 0.364. The van der Waals surface area contributed by atoms with E-state index < -0.39 is 18.0 Å². The van der Waals surface area contributed by atoms with E-state index in [9.17, 15) is 19.1 Å². The normalized spacial score (nSPS) is 23.6. The molecule has 2 fully saturated rings. The van der Waals surface area contributed by atoms with Gasteiger partial charge in [0, 0.05) is 17.8 Å². The number of amides is 2. The zero-order valence-electron chi connectivity index (χ0n) is 21.0. The number of anilines is 1. The Morgan fingerprint density at radius 1 is 0.921 bits per heavy atom. The maximum Gasteiger partial charge on any atom is 0.254 e. The predicted octanol–water partition coefficient (Wildman–Crippen LogP) is 4.27. The number of nitrogens with one attached hydrogen (secondary N) is 1. The maximum atomic E-state index is 13.4. The Balaban J connectivity index is 1.21. The first-order valence-electron chi connectivity index (χ1n) is 12.9. The third-order valence-electron chi connectivity index (χ3n) is 7.02. The molecule has 8 heteroatoms. The molecule has 3 aromatic rings. The Hall–Kier alpha value is -3.59. The van der Waals surface area contributed by atoms with Gasteiger partial charge in [-0.05, 0) is 60.4 Å². The minimum Gasteiger partial charge on any atom is -0.389 e. The largest absolute Gasteiger partial charge is 0.389 e. The summed E-state index contributed by atoms with van der Waals surface area (Å²) in [5.41, 5.74) is 3.23. The molecule has 0 radical (unpaired) electrons. The Morgan fingerprint density at radius 2 is 1.63 bits per heavy atom. The van der Waals surface area contributed by atoms with Crippen LogP contribution >= 0.6 is 0 Å². The second-order valence-electron chi connectivity index (χ2n) is 9.79. The Morgan fingerprint density at radius 3 is 2.37 bits per heavy atom.